The van der Waals surface area contributed by atoms with Gasteiger partial charge in [-0.05, 0) is 32.9 Å². The Labute approximate surface area is 164 Å². The number of morpholine rings is 1. The molecule has 2 saturated heterocycles. The van der Waals surface area contributed by atoms with Gasteiger partial charge < -0.3 is 15.0 Å². The molecule has 154 valence electrons. The van der Waals surface area contributed by atoms with Crippen LogP contribution in [0.25, 0.3) is 0 Å². The van der Waals surface area contributed by atoms with Crippen LogP contribution in [0, 0.1) is 6.92 Å². The summed E-state index contributed by atoms with van der Waals surface area (Å²) in [7, 11) is 2.01. The van der Waals surface area contributed by atoms with Gasteiger partial charge in [-0.1, -0.05) is 0 Å². The number of aromatic nitrogens is 2. The maximum atomic E-state index is 12.5. The second kappa shape index (κ2) is 9.29. The molecule has 9 nitrogen and oxygen atoms in total. The predicted molar refractivity (Wildman–Crippen MR) is 103 cm³/mol. The molecule has 1 N–H and O–H groups in total. The number of ether oxygens (including phenoxy) is 1. The van der Waals surface area contributed by atoms with Crippen molar-refractivity contribution in [3.05, 3.63) is 28.2 Å². The van der Waals surface area contributed by atoms with Gasteiger partial charge in [0, 0.05) is 44.2 Å². The highest BCUT2D eigenvalue weighted by Crippen LogP contribution is 2.25. The molecule has 0 aromatic carbocycles. The van der Waals surface area contributed by atoms with Crippen LogP contribution in [-0.4, -0.2) is 83.4 Å². The Bertz CT molecular complexity index is 759. The fourth-order valence-corrected chi connectivity index (χ4v) is 3.81. The van der Waals surface area contributed by atoms with Crippen LogP contribution in [0.5, 0.6) is 0 Å². The van der Waals surface area contributed by atoms with Gasteiger partial charge in [0.1, 0.15) is 6.54 Å². The molecule has 0 unspecified atom stereocenters. The minimum atomic E-state index is -0.291. The van der Waals surface area contributed by atoms with Gasteiger partial charge in [0.05, 0.1) is 18.9 Å². The second-order valence-corrected chi connectivity index (χ2v) is 7.52. The first-order chi connectivity index (χ1) is 13.4. The predicted octanol–water partition coefficient (Wildman–Crippen LogP) is -0.620. The highest BCUT2D eigenvalue weighted by molar-refractivity contribution is 5.77. The third-order valence-electron chi connectivity index (χ3n) is 5.59. The maximum Gasteiger partial charge on any atom is 0.267 e. The molecule has 9 heteroatoms. The van der Waals surface area contributed by atoms with E-state index in [2.05, 4.69) is 15.3 Å². The van der Waals surface area contributed by atoms with Crippen molar-refractivity contribution < 1.29 is 14.3 Å². The van der Waals surface area contributed by atoms with E-state index in [4.69, 9.17) is 4.74 Å². The van der Waals surface area contributed by atoms with Gasteiger partial charge in [-0.3, -0.25) is 19.3 Å². The molecule has 0 radical (unpaired) electrons. The Balaban J connectivity index is 1.45. The summed E-state index contributed by atoms with van der Waals surface area (Å²) in [4.78, 5) is 40.5. The first-order valence-electron chi connectivity index (χ1n) is 9.83. The minimum Gasteiger partial charge on any atom is -0.378 e. The molecule has 3 heterocycles. The number of nitrogens with zero attached hydrogens (tertiary/aromatic N) is 4. The highest BCUT2D eigenvalue weighted by Gasteiger charge is 2.33. The van der Waals surface area contributed by atoms with Crippen molar-refractivity contribution in [1.82, 2.24) is 24.9 Å². The summed E-state index contributed by atoms with van der Waals surface area (Å²) in [5.41, 5.74) is 0.399. The number of likely N-dealkylation sites (N-methyl/N-ethyl adjacent to an activating group) is 1. The quantitative estimate of drug-likeness (QED) is 0.694. The van der Waals surface area contributed by atoms with Gasteiger partial charge in [-0.2, -0.15) is 5.10 Å². The number of carbonyl (C=O) groups is 2. The average Bonchev–Trinajstić information content (AvgIpc) is 3.03. The molecule has 0 saturated carbocycles. The molecule has 2 fully saturated rings. The number of hydrogen-bond donors (Lipinski definition) is 1. The van der Waals surface area contributed by atoms with E-state index in [-0.39, 0.29) is 36.0 Å². The van der Waals surface area contributed by atoms with E-state index < -0.39 is 0 Å². The lowest BCUT2D eigenvalue weighted by molar-refractivity contribution is -0.136. The van der Waals surface area contributed by atoms with Gasteiger partial charge in [0.15, 0.2) is 0 Å². The molecule has 2 atom stereocenters. The zero-order chi connectivity index (χ0) is 20.1. The third kappa shape index (κ3) is 5.17. The monoisotopic (exact) mass is 391 g/mol. The van der Waals surface area contributed by atoms with Crippen LogP contribution in [0.4, 0.5) is 0 Å². The number of carbonyl (C=O) groups excluding carboxylic acids is 2. The average molecular weight is 391 g/mol. The van der Waals surface area contributed by atoms with Gasteiger partial charge in [-0.25, -0.2) is 4.68 Å². The number of nitrogens with one attached hydrogen (secondary N) is 1. The first kappa shape index (κ1) is 20.5. The van der Waals surface area contributed by atoms with E-state index in [9.17, 15) is 14.4 Å². The molecular weight excluding hydrogens is 362 g/mol. The van der Waals surface area contributed by atoms with E-state index in [0.29, 0.717) is 45.0 Å². The lowest BCUT2D eigenvalue weighted by atomic mass is 10.1. The van der Waals surface area contributed by atoms with E-state index in [1.807, 2.05) is 11.9 Å². The van der Waals surface area contributed by atoms with Gasteiger partial charge >= 0.3 is 0 Å². The summed E-state index contributed by atoms with van der Waals surface area (Å²) in [5.74, 6) is -0.0591. The Hall–Kier alpha value is -2.26. The fourth-order valence-electron chi connectivity index (χ4n) is 3.81. The highest BCUT2D eigenvalue weighted by atomic mass is 16.5. The molecule has 3 rings (SSSR count). The summed E-state index contributed by atoms with van der Waals surface area (Å²) in [6.07, 6.45) is 2.37. The summed E-state index contributed by atoms with van der Waals surface area (Å²) < 4.78 is 6.47. The van der Waals surface area contributed by atoms with Crippen LogP contribution in [-0.2, 0) is 20.9 Å². The normalized spacial score (nSPS) is 23.0. The topological polar surface area (TPSA) is 96.8 Å². The number of aryl methyl sites for hydroxylation is 1. The standard InChI is InChI=1S/C19H29N5O4/c1-14-3-6-18(26)24(21-14)13-17(25)20-12-16-5-4-15(22(16)2)11-19(27)23-7-9-28-10-8-23/h3,6,15-16H,4-5,7-13H2,1-2H3,(H,20,25)/t15-,16+/m1/s1. The van der Waals surface area contributed by atoms with Crippen LogP contribution < -0.4 is 10.9 Å². The number of rotatable bonds is 6. The Morgan fingerprint density at radius 2 is 1.93 bits per heavy atom. The molecule has 28 heavy (non-hydrogen) atoms. The van der Waals surface area contributed by atoms with Crippen molar-refractivity contribution in [1.29, 1.82) is 0 Å². The number of likely N-dealkylation sites (tertiary alicyclic amines) is 1. The molecule has 1 aromatic rings. The van der Waals surface area contributed by atoms with Crippen molar-refractivity contribution in [2.45, 2.75) is 44.8 Å². The summed E-state index contributed by atoms with van der Waals surface area (Å²) in [5, 5.41) is 6.97. The van der Waals surface area contributed by atoms with Crippen molar-refractivity contribution in [3.8, 4) is 0 Å². The van der Waals surface area contributed by atoms with Crippen molar-refractivity contribution >= 4 is 11.8 Å². The van der Waals surface area contributed by atoms with Crippen molar-refractivity contribution in [3.63, 3.8) is 0 Å². The summed E-state index contributed by atoms with van der Waals surface area (Å²) in [6, 6.07) is 3.42. The summed E-state index contributed by atoms with van der Waals surface area (Å²) >= 11 is 0. The zero-order valence-corrected chi connectivity index (χ0v) is 16.6. The van der Waals surface area contributed by atoms with Gasteiger partial charge in [0.25, 0.3) is 5.56 Å². The van der Waals surface area contributed by atoms with Crippen LogP contribution >= 0.6 is 0 Å². The van der Waals surface area contributed by atoms with Crippen molar-refractivity contribution in [2.24, 2.45) is 0 Å². The van der Waals surface area contributed by atoms with Crippen LogP contribution in [0.1, 0.15) is 25.0 Å². The molecular formula is C19H29N5O4. The summed E-state index contributed by atoms with van der Waals surface area (Å²) in [6.45, 7) is 4.75. The first-order valence-corrected chi connectivity index (χ1v) is 9.83. The Morgan fingerprint density at radius 1 is 1.21 bits per heavy atom. The van der Waals surface area contributed by atoms with Crippen molar-refractivity contribution in [2.75, 3.05) is 39.9 Å². The molecule has 0 spiro atoms. The number of amides is 2. The smallest absolute Gasteiger partial charge is 0.267 e. The van der Waals surface area contributed by atoms with E-state index in [1.165, 1.54) is 10.7 Å². The van der Waals surface area contributed by atoms with E-state index in [0.717, 1.165) is 12.8 Å². The Kier molecular flexibility index (Phi) is 6.79. The molecule has 0 aliphatic carbocycles. The molecule has 2 amide bonds. The van der Waals surface area contributed by atoms with Crippen LogP contribution in [0.15, 0.2) is 16.9 Å². The van der Waals surface area contributed by atoms with Gasteiger partial charge in [-0.15, -0.1) is 0 Å². The van der Waals surface area contributed by atoms with Crippen LogP contribution in [0.2, 0.25) is 0 Å². The zero-order valence-electron chi connectivity index (χ0n) is 16.6. The lowest BCUT2D eigenvalue weighted by Crippen LogP contribution is -2.45. The second-order valence-electron chi connectivity index (χ2n) is 7.52. The lowest BCUT2D eigenvalue weighted by Gasteiger charge is -2.30. The molecule has 2 aliphatic rings. The Morgan fingerprint density at radius 3 is 2.68 bits per heavy atom. The molecule has 2 aliphatic heterocycles. The van der Waals surface area contributed by atoms with Gasteiger partial charge in [0.2, 0.25) is 11.8 Å². The molecule has 0 bridgehead atoms. The minimum absolute atomic E-state index is 0.0874. The molecule has 1 aromatic heterocycles. The van der Waals surface area contributed by atoms with Crippen LogP contribution in [0.3, 0.4) is 0 Å². The SMILES string of the molecule is Cc1ccc(=O)n(CC(=O)NC[C@@H]2CC[C@H](CC(=O)N3CCOCC3)N2C)n1. The van der Waals surface area contributed by atoms with E-state index >= 15 is 0 Å². The third-order valence-corrected chi connectivity index (χ3v) is 5.59. The largest absolute Gasteiger partial charge is 0.378 e. The number of hydrogen-bond acceptors (Lipinski definition) is 6. The maximum absolute atomic E-state index is 12.5. The fraction of sp³-hybridized carbons (Fsp3) is 0.684. The van der Waals surface area contributed by atoms with E-state index in [1.54, 1.807) is 13.0 Å².